The standard InChI is InChI=1S/C26H24N2O3/c1-17(19-13-14-24(30-2)25(15-19)31-3)27-26(29)21-16-23(18-9-5-4-6-10-18)28-22-12-8-7-11-20(21)22/h4-17H,1-3H3,(H,27,29)/t17-/m0/s1. The summed E-state index contributed by atoms with van der Waals surface area (Å²) in [5.41, 5.74) is 4.04. The largest absolute Gasteiger partial charge is 0.493 e. The molecule has 0 saturated carbocycles. The molecule has 3 aromatic carbocycles. The predicted octanol–water partition coefficient (Wildman–Crippen LogP) is 5.41. The maximum Gasteiger partial charge on any atom is 0.252 e. The van der Waals surface area contributed by atoms with Crippen LogP contribution in [-0.4, -0.2) is 25.1 Å². The van der Waals surface area contributed by atoms with Gasteiger partial charge in [0.1, 0.15) is 0 Å². The summed E-state index contributed by atoms with van der Waals surface area (Å²) in [6, 6.07) is 24.8. The van der Waals surface area contributed by atoms with Crippen LogP contribution in [-0.2, 0) is 0 Å². The van der Waals surface area contributed by atoms with E-state index in [1.54, 1.807) is 14.2 Å². The Hall–Kier alpha value is -3.86. The molecule has 1 atom stereocenters. The molecule has 5 heteroatoms. The Morgan fingerprint density at radius 1 is 0.871 bits per heavy atom. The highest BCUT2D eigenvalue weighted by Gasteiger charge is 2.17. The molecule has 0 radical (unpaired) electrons. The van der Waals surface area contributed by atoms with Crippen LogP contribution in [0.25, 0.3) is 22.2 Å². The van der Waals surface area contributed by atoms with Gasteiger partial charge in [-0.15, -0.1) is 0 Å². The van der Waals surface area contributed by atoms with Gasteiger partial charge in [0.15, 0.2) is 11.5 Å². The van der Waals surface area contributed by atoms with E-state index in [0.717, 1.165) is 27.7 Å². The van der Waals surface area contributed by atoms with Crippen LogP contribution in [0.1, 0.15) is 28.9 Å². The number of carbonyl (C=O) groups excluding carboxylic acids is 1. The fourth-order valence-electron chi connectivity index (χ4n) is 3.60. The van der Waals surface area contributed by atoms with Crippen molar-refractivity contribution in [3.05, 3.63) is 90.0 Å². The lowest BCUT2D eigenvalue weighted by atomic mass is 10.0. The SMILES string of the molecule is COc1ccc([C@H](C)NC(=O)c2cc(-c3ccccc3)nc3ccccc23)cc1OC. The van der Waals surface area contributed by atoms with Gasteiger partial charge in [0.05, 0.1) is 37.0 Å². The van der Waals surface area contributed by atoms with Crippen molar-refractivity contribution >= 4 is 16.8 Å². The van der Waals surface area contributed by atoms with Crippen molar-refractivity contribution in [3.8, 4) is 22.8 Å². The first-order chi connectivity index (χ1) is 15.1. The van der Waals surface area contributed by atoms with Crippen LogP contribution >= 0.6 is 0 Å². The summed E-state index contributed by atoms with van der Waals surface area (Å²) in [5.74, 6) is 1.12. The van der Waals surface area contributed by atoms with E-state index >= 15 is 0 Å². The fraction of sp³-hybridized carbons (Fsp3) is 0.154. The van der Waals surface area contributed by atoms with Gasteiger partial charge < -0.3 is 14.8 Å². The van der Waals surface area contributed by atoms with Gasteiger partial charge in [-0.3, -0.25) is 4.79 Å². The van der Waals surface area contributed by atoms with Crippen LogP contribution < -0.4 is 14.8 Å². The van der Waals surface area contributed by atoms with Gasteiger partial charge in [0.2, 0.25) is 0 Å². The number of rotatable bonds is 6. The van der Waals surface area contributed by atoms with Gasteiger partial charge in [0, 0.05) is 10.9 Å². The summed E-state index contributed by atoms with van der Waals surface area (Å²) in [6.45, 7) is 1.95. The molecule has 0 aliphatic heterocycles. The lowest BCUT2D eigenvalue weighted by Crippen LogP contribution is -2.27. The molecule has 0 fully saturated rings. The molecule has 5 nitrogen and oxygen atoms in total. The van der Waals surface area contributed by atoms with Crippen molar-refractivity contribution in [2.45, 2.75) is 13.0 Å². The second-order valence-corrected chi connectivity index (χ2v) is 7.25. The predicted molar refractivity (Wildman–Crippen MR) is 123 cm³/mol. The number of fused-ring (bicyclic) bond motifs is 1. The van der Waals surface area contributed by atoms with Crippen molar-refractivity contribution < 1.29 is 14.3 Å². The number of aromatic nitrogens is 1. The van der Waals surface area contributed by atoms with Gasteiger partial charge >= 0.3 is 0 Å². The average molecular weight is 412 g/mol. The van der Waals surface area contributed by atoms with Gasteiger partial charge in [-0.25, -0.2) is 4.98 Å². The number of benzene rings is 3. The number of nitrogens with one attached hydrogen (secondary N) is 1. The molecule has 156 valence electrons. The number of methoxy groups -OCH3 is 2. The van der Waals surface area contributed by atoms with Gasteiger partial charge in [-0.1, -0.05) is 54.6 Å². The van der Waals surface area contributed by atoms with E-state index in [0.29, 0.717) is 17.1 Å². The van der Waals surface area contributed by atoms with Crippen molar-refractivity contribution in [2.75, 3.05) is 14.2 Å². The molecule has 0 spiro atoms. The zero-order valence-electron chi connectivity index (χ0n) is 17.8. The molecule has 4 rings (SSSR count). The van der Waals surface area contributed by atoms with Crippen molar-refractivity contribution in [1.82, 2.24) is 10.3 Å². The van der Waals surface area contributed by atoms with E-state index in [1.165, 1.54) is 0 Å². The normalized spacial score (nSPS) is 11.7. The van der Waals surface area contributed by atoms with E-state index in [1.807, 2.05) is 85.8 Å². The summed E-state index contributed by atoms with van der Waals surface area (Å²) in [4.78, 5) is 18.1. The third-order valence-electron chi connectivity index (χ3n) is 5.29. The van der Waals surface area contributed by atoms with E-state index in [2.05, 4.69) is 5.32 Å². The number of hydrogen-bond acceptors (Lipinski definition) is 4. The highest BCUT2D eigenvalue weighted by molar-refractivity contribution is 6.07. The van der Waals surface area contributed by atoms with E-state index in [9.17, 15) is 4.79 Å². The Morgan fingerprint density at radius 2 is 1.58 bits per heavy atom. The van der Waals surface area contributed by atoms with E-state index < -0.39 is 0 Å². The molecule has 0 unspecified atom stereocenters. The molecule has 0 bridgehead atoms. The highest BCUT2D eigenvalue weighted by atomic mass is 16.5. The Kier molecular flexibility index (Phi) is 5.85. The molecule has 4 aromatic rings. The Labute approximate surface area is 181 Å². The fourth-order valence-corrected chi connectivity index (χ4v) is 3.60. The summed E-state index contributed by atoms with van der Waals surface area (Å²) in [6.07, 6.45) is 0. The molecular weight excluding hydrogens is 388 g/mol. The number of nitrogens with zero attached hydrogens (tertiary/aromatic N) is 1. The number of carbonyl (C=O) groups is 1. The third kappa shape index (κ3) is 4.21. The second-order valence-electron chi connectivity index (χ2n) is 7.25. The molecule has 1 N–H and O–H groups in total. The van der Waals surface area contributed by atoms with Crippen LogP contribution in [0.4, 0.5) is 0 Å². The third-order valence-corrected chi connectivity index (χ3v) is 5.29. The van der Waals surface area contributed by atoms with Crippen molar-refractivity contribution in [2.24, 2.45) is 0 Å². The Bertz CT molecular complexity index is 1220. The molecule has 0 aliphatic rings. The Balaban J connectivity index is 1.69. The lowest BCUT2D eigenvalue weighted by Gasteiger charge is -2.17. The minimum atomic E-state index is -0.223. The highest BCUT2D eigenvalue weighted by Crippen LogP contribution is 2.30. The van der Waals surface area contributed by atoms with Gasteiger partial charge in [-0.2, -0.15) is 0 Å². The molecule has 1 heterocycles. The molecule has 31 heavy (non-hydrogen) atoms. The van der Waals surface area contributed by atoms with Crippen molar-refractivity contribution in [3.63, 3.8) is 0 Å². The van der Waals surface area contributed by atoms with E-state index in [-0.39, 0.29) is 11.9 Å². The molecule has 0 saturated heterocycles. The van der Waals surface area contributed by atoms with Crippen LogP contribution in [0.2, 0.25) is 0 Å². The maximum absolute atomic E-state index is 13.3. The average Bonchev–Trinajstić information content (AvgIpc) is 2.83. The molecule has 1 aromatic heterocycles. The summed E-state index contributed by atoms with van der Waals surface area (Å²) in [7, 11) is 3.20. The first-order valence-corrected chi connectivity index (χ1v) is 10.1. The first-order valence-electron chi connectivity index (χ1n) is 10.1. The summed E-state index contributed by atoms with van der Waals surface area (Å²) in [5, 5.41) is 3.93. The van der Waals surface area contributed by atoms with Crippen LogP contribution in [0.5, 0.6) is 11.5 Å². The maximum atomic E-state index is 13.3. The number of hydrogen-bond donors (Lipinski definition) is 1. The molecule has 0 aliphatic carbocycles. The number of ether oxygens (including phenoxy) is 2. The lowest BCUT2D eigenvalue weighted by molar-refractivity contribution is 0.0941. The topological polar surface area (TPSA) is 60.5 Å². The van der Waals surface area contributed by atoms with Crippen LogP contribution in [0.15, 0.2) is 78.9 Å². The molecular formula is C26H24N2O3. The number of pyridine rings is 1. The minimum Gasteiger partial charge on any atom is -0.493 e. The zero-order valence-corrected chi connectivity index (χ0v) is 17.8. The van der Waals surface area contributed by atoms with E-state index in [4.69, 9.17) is 14.5 Å². The minimum absolute atomic E-state index is 0.155. The van der Waals surface area contributed by atoms with Crippen LogP contribution in [0.3, 0.4) is 0 Å². The van der Waals surface area contributed by atoms with Crippen LogP contribution in [0, 0.1) is 0 Å². The molecule has 1 amide bonds. The second kappa shape index (κ2) is 8.88. The summed E-state index contributed by atoms with van der Waals surface area (Å²) < 4.78 is 10.7. The Morgan fingerprint density at radius 3 is 2.32 bits per heavy atom. The summed E-state index contributed by atoms with van der Waals surface area (Å²) >= 11 is 0. The van der Waals surface area contributed by atoms with Gasteiger partial charge in [-0.05, 0) is 36.8 Å². The number of para-hydroxylation sites is 1. The zero-order chi connectivity index (χ0) is 21.8. The van der Waals surface area contributed by atoms with Crippen molar-refractivity contribution in [1.29, 1.82) is 0 Å². The smallest absolute Gasteiger partial charge is 0.252 e. The number of amides is 1. The quantitative estimate of drug-likeness (QED) is 0.460. The monoisotopic (exact) mass is 412 g/mol. The first kappa shape index (κ1) is 20.4. The van der Waals surface area contributed by atoms with Gasteiger partial charge in [0.25, 0.3) is 5.91 Å².